The lowest BCUT2D eigenvalue weighted by Crippen LogP contribution is -2.44. The molecule has 0 bridgehead atoms. The molecule has 0 radical (unpaired) electrons. The summed E-state index contributed by atoms with van der Waals surface area (Å²) in [5.41, 5.74) is 5.76. The minimum Gasteiger partial charge on any atom is -0.484 e. The number of carbonyl (C=O) groups is 3. The van der Waals surface area contributed by atoms with E-state index in [9.17, 15) is 14.4 Å². The maximum absolute atomic E-state index is 12.3. The fraction of sp³-hybridized carbons (Fsp3) is 0.250. The molecule has 2 aromatic carbocycles. The van der Waals surface area contributed by atoms with Crippen LogP contribution in [0.15, 0.2) is 54.6 Å². The third-order valence-corrected chi connectivity index (χ3v) is 3.65. The molecule has 142 valence electrons. The van der Waals surface area contributed by atoms with Crippen LogP contribution in [0.4, 0.5) is 0 Å². The Kier molecular flexibility index (Phi) is 7.51. The van der Waals surface area contributed by atoms with E-state index in [4.69, 9.17) is 4.74 Å². The predicted octanol–water partition coefficient (Wildman–Crippen LogP) is 1.40. The number of rotatable bonds is 8. The predicted molar refractivity (Wildman–Crippen MR) is 101 cm³/mol. The molecule has 27 heavy (non-hydrogen) atoms. The van der Waals surface area contributed by atoms with E-state index in [1.54, 1.807) is 36.4 Å². The quantitative estimate of drug-likeness (QED) is 0.542. The summed E-state index contributed by atoms with van der Waals surface area (Å²) < 4.78 is 5.36. The summed E-state index contributed by atoms with van der Waals surface area (Å²) in [6.45, 7) is 0.339. The van der Waals surface area contributed by atoms with E-state index >= 15 is 0 Å². The lowest BCUT2D eigenvalue weighted by atomic mass is 10.0. The van der Waals surface area contributed by atoms with Crippen LogP contribution in [0.5, 0.6) is 5.75 Å². The first-order valence-electron chi connectivity index (χ1n) is 8.50. The highest BCUT2D eigenvalue weighted by molar-refractivity contribution is 6.08. The number of hydrogen-bond donors (Lipinski definition) is 2. The molecule has 2 aromatic rings. The van der Waals surface area contributed by atoms with Gasteiger partial charge in [-0.25, -0.2) is 0 Å². The van der Waals surface area contributed by atoms with Crippen LogP contribution in [-0.2, 0) is 9.59 Å². The summed E-state index contributed by atoms with van der Waals surface area (Å²) in [7, 11) is 3.72. The first kappa shape index (κ1) is 20.1. The number of carbonyl (C=O) groups excluding carboxylic acids is 3. The molecule has 2 rings (SSSR count). The van der Waals surface area contributed by atoms with Crippen LogP contribution >= 0.6 is 0 Å². The number of ketones is 1. The van der Waals surface area contributed by atoms with Crippen molar-refractivity contribution < 1.29 is 19.1 Å². The van der Waals surface area contributed by atoms with E-state index < -0.39 is 5.91 Å². The topological polar surface area (TPSA) is 87.7 Å². The number of benzene rings is 2. The highest BCUT2D eigenvalue weighted by Crippen LogP contribution is 2.15. The Bertz CT molecular complexity index is 774. The second-order valence-corrected chi connectivity index (χ2v) is 6.16. The maximum atomic E-state index is 12.3. The fourth-order valence-corrected chi connectivity index (χ4v) is 2.17. The van der Waals surface area contributed by atoms with Crippen molar-refractivity contribution in [3.05, 3.63) is 65.7 Å². The van der Waals surface area contributed by atoms with E-state index in [1.807, 2.05) is 37.2 Å². The molecule has 0 aliphatic carbocycles. The van der Waals surface area contributed by atoms with Crippen molar-refractivity contribution in [2.45, 2.75) is 6.42 Å². The summed E-state index contributed by atoms with van der Waals surface area (Å²) in [4.78, 5) is 37.4. The molecular formula is C20H23N3O4. The van der Waals surface area contributed by atoms with Gasteiger partial charge in [0.25, 0.3) is 5.91 Å². The molecule has 0 fully saturated rings. The van der Waals surface area contributed by atoms with Crippen LogP contribution in [0.2, 0.25) is 0 Å². The molecule has 7 heteroatoms. The highest BCUT2D eigenvalue weighted by atomic mass is 16.5. The largest absolute Gasteiger partial charge is 0.484 e. The number of ether oxygens (including phenoxy) is 1. The minimum absolute atomic E-state index is 0.0830. The average molecular weight is 369 g/mol. The van der Waals surface area contributed by atoms with Gasteiger partial charge in [-0.05, 0) is 38.4 Å². The Hall–Kier alpha value is -3.19. The molecule has 0 atom stereocenters. The smallest absolute Gasteiger partial charge is 0.276 e. The molecule has 0 unspecified atom stereocenters. The summed E-state index contributed by atoms with van der Waals surface area (Å²) >= 11 is 0. The van der Waals surface area contributed by atoms with Gasteiger partial charge in [-0.15, -0.1) is 0 Å². The number of amides is 2. The third kappa shape index (κ3) is 6.91. The van der Waals surface area contributed by atoms with Gasteiger partial charge in [-0.2, -0.15) is 0 Å². The molecule has 0 heterocycles. The molecule has 0 spiro atoms. The van der Waals surface area contributed by atoms with E-state index in [1.165, 1.54) is 0 Å². The SMILES string of the molecule is CN(C)CCC(=O)NNC(=O)COc1ccc(C(=O)c2ccccc2)cc1. The van der Waals surface area contributed by atoms with Crippen molar-refractivity contribution in [1.29, 1.82) is 0 Å². The van der Waals surface area contributed by atoms with Gasteiger partial charge in [0.1, 0.15) is 5.75 Å². The van der Waals surface area contributed by atoms with Gasteiger partial charge in [0.05, 0.1) is 0 Å². The summed E-state index contributed by atoms with van der Waals surface area (Å²) in [6, 6.07) is 15.5. The zero-order chi connectivity index (χ0) is 19.6. The number of nitrogens with one attached hydrogen (secondary N) is 2. The van der Waals surface area contributed by atoms with Crippen molar-refractivity contribution in [2.75, 3.05) is 27.2 Å². The van der Waals surface area contributed by atoms with E-state index in [0.29, 0.717) is 23.4 Å². The summed E-state index contributed by atoms with van der Waals surface area (Å²) in [5.74, 6) is -0.382. The van der Waals surface area contributed by atoms with Crippen LogP contribution in [0, 0.1) is 0 Å². The zero-order valence-corrected chi connectivity index (χ0v) is 15.4. The average Bonchev–Trinajstić information content (AvgIpc) is 2.69. The fourth-order valence-electron chi connectivity index (χ4n) is 2.17. The van der Waals surface area contributed by atoms with Gasteiger partial charge in [-0.1, -0.05) is 30.3 Å². The lowest BCUT2D eigenvalue weighted by Gasteiger charge is -2.11. The van der Waals surface area contributed by atoms with Gasteiger partial charge in [0.2, 0.25) is 5.91 Å². The minimum atomic E-state index is -0.474. The van der Waals surface area contributed by atoms with Crippen molar-refractivity contribution in [2.24, 2.45) is 0 Å². The van der Waals surface area contributed by atoms with E-state index in [-0.39, 0.29) is 24.7 Å². The van der Waals surface area contributed by atoms with Crippen LogP contribution in [-0.4, -0.2) is 49.7 Å². The van der Waals surface area contributed by atoms with Crippen LogP contribution in [0.3, 0.4) is 0 Å². The molecule has 7 nitrogen and oxygen atoms in total. The van der Waals surface area contributed by atoms with Crippen LogP contribution in [0.25, 0.3) is 0 Å². The summed E-state index contributed by atoms with van der Waals surface area (Å²) in [6.07, 6.45) is 0.283. The monoisotopic (exact) mass is 369 g/mol. The Labute approximate surface area is 158 Å². The Balaban J connectivity index is 1.77. The Morgan fingerprint density at radius 3 is 2.07 bits per heavy atom. The first-order chi connectivity index (χ1) is 13.0. The van der Waals surface area contributed by atoms with E-state index in [2.05, 4.69) is 10.9 Å². The van der Waals surface area contributed by atoms with Crippen molar-refractivity contribution >= 4 is 17.6 Å². The first-order valence-corrected chi connectivity index (χ1v) is 8.50. The molecule has 0 aliphatic rings. The molecule has 0 saturated heterocycles. The van der Waals surface area contributed by atoms with Crippen LogP contribution < -0.4 is 15.6 Å². The van der Waals surface area contributed by atoms with Crippen molar-refractivity contribution in [1.82, 2.24) is 15.8 Å². The molecule has 0 saturated carbocycles. The molecule has 2 N–H and O–H groups in total. The second-order valence-electron chi connectivity index (χ2n) is 6.16. The maximum Gasteiger partial charge on any atom is 0.276 e. The zero-order valence-electron chi connectivity index (χ0n) is 15.4. The normalized spacial score (nSPS) is 10.3. The van der Waals surface area contributed by atoms with Gasteiger partial charge in [0.15, 0.2) is 12.4 Å². The summed E-state index contributed by atoms with van der Waals surface area (Å²) in [5, 5.41) is 0. The molecular weight excluding hydrogens is 346 g/mol. The van der Waals surface area contributed by atoms with Gasteiger partial charge < -0.3 is 9.64 Å². The van der Waals surface area contributed by atoms with Crippen molar-refractivity contribution in [3.63, 3.8) is 0 Å². The standard InChI is InChI=1S/C20H23N3O4/c1-23(2)13-12-18(24)21-22-19(25)14-27-17-10-8-16(9-11-17)20(26)15-6-4-3-5-7-15/h3-11H,12-14H2,1-2H3,(H,21,24)(H,22,25). The molecule has 0 aromatic heterocycles. The van der Waals surface area contributed by atoms with Gasteiger partial charge in [-0.3, -0.25) is 25.2 Å². The molecule has 2 amide bonds. The number of nitrogens with zero attached hydrogens (tertiary/aromatic N) is 1. The Morgan fingerprint density at radius 1 is 0.852 bits per heavy atom. The van der Waals surface area contributed by atoms with Gasteiger partial charge >= 0.3 is 0 Å². The molecule has 0 aliphatic heterocycles. The number of hydrazine groups is 1. The van der Waals surface area contributed by atoms with E-state index in [0.717, 1.165) is 0 Å². The van der Waals surface area contributed by atoms with Gasteiger partial charge in [0, 0.05) is 24.1 Å². The highest BCUT2D eigenvalue weighted by Gasteiger charge is 2.09. The second kappa shape index (κ2) is 10.1. The van der Waals surface area contributed by atoms with Crippen molar-refractivity contribution in [3.8, 4) is 5.75 Å². The number of hydrogen-bond acceptors (Lipinski definition) is 5. The lowest BCUT2D eigenvalue weighted by molar-refractivity contribution is -0.130. The Morgan fingerprint density at radius 2 is 1.44 bits per heavy atom. The third-order valence-electron chi connectivity index (χ3n) is 3.65. The van der Waals surface area contributed by atoms with Crippen LogP contribution in [0.1, 0.15) is 22.3 Å².